The second kappa shape index (κ2) is 7.29. The van der Waals surface area contributed by atoms with E-state index in [1.54, 1.807) is 22.7 Å². The van der Waals surface area contributed by atoms with E-state index in [-0.39, 0.29) is 18.4 Å². The lowest BCUT2D eigenvalue weighted by Gasteiger charge is -2.33. The first-order valence-electron chi connectivity index (χ1n) is 8.66. The van der Waals surface area contributed by atoms with Crippen LogP contribution in [-0.4, -0.2) is 67.9 Å². The number of nitrogens with zero attached hydrogens (tertiary/aromatic N) is 5. The van der Waals surface area contributed by atoms with Crippen LogP contribution < -0.4 is 0 Å². The summed E-state index contributed by atoms with van der Waals surface area (Å²) in [7, 11) is 0. The predicted octanol–water partition coefficient (Wildman–Crippen LogP) is 0.192. The molecule has 2 aliphatic heterocycles. The molecule has 0 aliphatic carbocycles. The molecule has 8 nitrogen and oxygen atoms in total. The highest BCUT2D eigenvalue weighted by atomic mass is 16.3. The van der Waals surface area contributed by atoms with Crippen LogP contribution in [0.2, 0.25) is 0 Å². The van der Waals surface area contributed by atoms with Gasteiger partial charge in [0.1, 0.15) is 5.69 Å². The fourth-order valence-corrected chi connectivity index (χ4v) is 3.36. The first kappa shape index (κ1) is 16.9. The molecule has 0 unspecified atom stereocenters. The number of aromatic nitrogens is 3. The van der Waals surface area contributed by atoms with Crippen LogP contribution in [0.3, 0.4) is 0 Å². The number of aliphatic hydroxyl groups excluding tert-OH is 1. The van der Waals surface area contributed by atoms with Crippen LogP contribution in [0.4, 0.5) is 0 Å². The van der Waals surface area contributed by atoms with Gasteiger partial charge in [0.25, 0.3) is 0 Å². The summed E-state index contributed by atoms with van der Waals surface area (Å²) in [5.74, 6) is 0.602. The Bertz CT molecular complexity index is 592. The third-order valence-corrected chi connectivity index (χ3v) is 4.89. The van der Waals surface area contributed by atoms with Crippen LogP contribution in [0.25, 0.3) is 0 Å². The van der Waals surface area contributed by atoms with Gasteiger partial charge >= 0.3 is 0 Å². The monoisotopic (exact) mass is 335 g/mol. The topological polar surface area (TPSA) is 91.6 Å². The van der Waals surface area contributed by atoms with E-state index in [9.17, 15) is 14.7 Å². The van der Waals surface area contributed by atoms with Crippen LogP contribution in [0.1, 0.15) is 44.4 Å². The van der Waals surface area contributed by atoms with Gasteiger partial charge in [-0.1, -0.05) is 5.21 Å². The van der Waals surface area contributed by atoms with Crippen molar-refractivity contribution in [3.63, 3.8) is 0 Å². The second-order valence-corrected chi connectivity index (χ2v) is 6.78. The number of rotatable bonds is 5. The highest BCUT2D eigenvalue weighted by molar-refractivity contribution is 5.85. The molecule has 2 amide bonds. The second-order valence-electron chi connectivity index (χ2n) is 6.78. The third-order valence-electron chi connectivity index (χ3n) is 4.89. The average molecular weight is 335 g/mol. The predicted molar refractivity (Wildman–Crippen MR) is 85.8 cm³/mol. The summed E-state index contributed by atoms with van der Waals surface area (Å²) in [5.41, 5.74) is 0.581. The van der Waals surface area contributed by atoms with Gasteiger partial charge in [-0.3, -0.25) is 14.3 Å². The number of hydrogen-bond donors (Lipinski definition) is 1. The van der Waals surface area contributed by atoms with Crippen molar-refractivity contribution in [1.29, 1.82) is 0 Å². The van der Waals surface area contributed by atoms with E-state index < -0.39 is 6.10 Å². The molecule has 1 aromatic rings. The summed E-state index contributed by atoms with van der Waals surface area (Å²) in [6.07, 6.45) is 4.45. The smallest absolute Gasteiger partial charge is 0.242 e. The van der Waals surface area contributed by atoms with Crippen molar-refractivity contribution in [3.8, 4) is 0 Å². The van der Waals surface area contributed by atoms with Crippen LogP contribution in [0.15, 0.2) is 6.20 Å². The lowest BCUT2D eigenvalue weighted by atomic mass is 9.97. The number of carbonyl (C=O) groups excluding carboxylic acids is 2. The largest absolute Gasteiger partial charge is 0.387 e. The quantitative estimate of drug-likeness (QED) is 0.829. The SMILES string of the molecule is C[C@@H](O)c1cn(CC2CCN(C(=O)CN3CCCC3=O)CC2)nn1. The minimum Gasteiger partial charge on any atom is -0.387 e. The van der Waals surface area contributed by atoms with Gasteiger partial charge in [0.05, 0.1) is 18.8 Å². The van der Waals surface area contributed by atoms with Crippen molar-refractivity contribution in [2.45, 2.75) is 45.3 Å². The van der Waals surface area contributed by atoms with Gasteiger partial charge in [0, 0.05) is 32.6 Å². The van der Waals surface area contributed by atoms with Crippen molar-refractivity contribution < 1.29 is 14.7 Å². The summed E-state index contributed by atoms with van der Waals surface area (Å²) >= 11 is 0. The summed E-state index contributed by atoms with van der Waals surface area (Å²) in [4.78, 5) is 27.5. The Kier molecular flexibility index (Phi) is 5.13. The van der Waals surface area contributed by atoms with Gasteiger partial charge in [0.15, 0.2) is 0 Å². The van der Waals surface area contributed by atoms with Gasteiger partial charge in [-0.2, -0.15) is 0 Å². The Morgan fingerprint density at radius 1 is 1.38 bits per heavy atom. The van der Waals surface area contributed by atoms with E-state index in [2.05, 4.69) is 10.3 Å². The molecule has 0 bridgehead atoms. The maximum absolute atomic E-state index is 12.3. The molecule has 8 heteroatoms. The van der Waals surface area contributed by atoms with Crippen molar-refractivity contribution in [3.05, 3.63) is 11.9 Å². The van der Waals surface area contributed by atoms with Crippen LogP contribution >= 0.6 is 0 Å². The zero-order valence-corrected chi connectivity index (χ0v) is 14.1. The Balaban J connectivity index is 1.44. The molecule has 1 aromatic heterocycles. The Hall–Kier alpha value is -1.96. The van der Waals surface area contributed by atoms with Gasteiger partial charge in [-0.05, 0) is 32.1 Å². The normalized spacial score (nSPS) is 20.7. The Morgan fingerprint density at radius 3 is 2.71 bits per heavy atom. The van der Waals surface area contributed by atoms with Crippen LogP contribution in [0.5, 0.6) is 0 Å². The molecule has 1 N–H and O–H groups in total. The fourth-order valence-electron chi connectivity index (χ4n) is 3.36. The number of piperidine rings is 1. The van der Waals surface area contributed by atoms with E-state index in [4.69, 9.17) is 0 Å². The van der Waals surface area contributed by atoms with Crippen molar-refractivity contribution >= 4 is 11.8 Å². The molecular formula is C16H25N5O3. The summed E-state index contributed by atoms with van der Waals surface area (Å²) in [5, 5.41) is 17.5. The molecule has 0 radical (unpaired) electrons. The highest BCUT2D eigenvalue weighted by Gasteiger charge is 2.27. The zero-order chi connectivity index (χ0) is 17.1. The zero-order valence-electron chi connectivity index (χ0n) is 14.1. The van der Waals surface area contributed by atoms with E-state index in [0.29, 0.717) is 24.6 Å². The third kappa shape index (κ3) is 3.92. The van der Waals surface area contributed by atoms with Crippen molar-refractivity contribution in [2.75, 3.05) is 26.2 Å². The molecule has 2 fully saturated rings. The summed E-state index contributed by atoms with van der Waals surface area (Å²) in [6, 6.07) is 0. The van der Waals surface area contributed by atoms with Gasteiger partial charge in [0.2, 0.25) is 11.8 Å². The molecule has 0 aromatic carbocycles. The lowest BCUT2D eigenvalue weighted by molar-refractivity contribution is -0.139. The standard InChI is InChI=1S/C16H25N5O3/c1-12(22)14-10-21(18-17-14)9-13-4-7-19(8-5-13)16(24)11-20-6-2-3-15(20)23/h10,12-13,22H,2-9,11H2,1H3/t12-/m1/s1. The average Bonchev–Trinajstić information content (AvgIpc) is 3.18. The minimum absolute atomic E-state index is 0.0563. The number of hydrogen-bond acceptors (Lipinski definition) is 5. The molecule has 24 heavy (non-hydrogen) atoms. The van der Waals surface area contributed by atoms with Gasteiger partial charge < -0.3 is 14.9 Å². The highest BCUT2D eigenvalue weighted by Crippen LogP contribution is 2.20. The van der Waals surface area contributed by atoms with Crippen LogP contribution in [0, 0.1) is 5.92 Å². The van der Waals surface area contributed by atoms with E-state index >= 15 is 0 Å². The first-order valence-corrected chi connectivity index (χ1v) is 8.66. The van der Waals surface area contributed by atoms with E-state index in [0.717, 1.165) is 38.9 Å². The molecule has 3 rings (SSSR count). The maximum Gasteiger partial charge on any atom is 0.242 e. The first-order chi connectivity index (χ1) is 11.5. The van der Waals surface area contributed by atoms with Gasteiger partial charge in [-0.25, -0.2) is 0 Å². The number of amides is 2. The molecule has 132 valence electrons. The molecule has 0 saturated carbocycles. The number of carbonyl (C=O) groups is 2. The van der Waals surface area contributed by atoms with E-state index in [1.807, 2.05) is 4.90 Å². The van der Waals surface area contributed by atoms with Gasteiger partial charge in [-0.15, -0.1) is 5.10 Å². The molecule has 3 heterocycles. The van der Waals surface area contributed by atoms with Crippen LogP contribution in [-0.2, 0) is 16.1 Å². The summed E-state index contributed by atoms with van der Waals surface area (Å²) < 4.78 is 1.77. The van der Waals surface area contributed by atoms with E-state index in [1.165, 1.54) is 0 Å². The number of aliphatic hydroxyl groups is 1. The fraction of sp³-hybridized carbons (Fsp3) is 0.750. The summed E-state index contributed by atoms with van der Waals surface area (Å²) in [6.45, 7) is 4.81. The lowest BCUT2D eigenvalue weighted by Crippen LogP contribution is -2.44. The molecule has 2 saturated heterocycles. The molecule has 2 aliphatic rings. The Morgan fingerprint density at radius 2 is 2.12 bits per heavy atom. The number of likely N-dealkylation sites (tertiary alicyclic amines) is 2. The van der Waals surface area contributed by atoms with Crippen molar-refractivity contribution in [1.82, 2.24) is 24.8 Å². The molecular weight excluding hydrogens is 310 g/mol. The molecule has 1 atom stereocenters. The maximum atomic E-state index is 12.3. The molecule has 0 spiro atoms. The van der Waals surface area contributed by atoms with Crippen molar-refractivity contribution in [2.24, 2.45) is 5.92 Å². The Labute approximate surface area is 141 Å². The minimum atomic E-state index is -0.605.